The topological polar surface area (TPSA) is 12.0 Å². The maximum absolute atomic E-state index is 13.4. The fraction of sp³-hybridized carbons (Fsp3) is 0.400. The smallest absolute Gasteiger partial charge is 0.126 e. The van der Waals surface area contributed by atoms with Crippen LogP contribution in [0.3, 0.4) is 0 Å². The summed E-state index contributed by atoms with van der Waals surface area (Å²) in [5, 5.41) is 3.31. The summed E-state index contributed by atoms with van der Waals surface area (Å²) in [6.45, 7) is 2.83. The van der Waals surface area contributed by atoms with Gasteiger partial charge in [0.1, 0.15) is 5.82 Å². The second-order valence-electron chi connectivity index (χ2n) is 3.47. The van der Waals surface area contributed by atoms with Crippen LogP contribution in [0.4, 0.5) is 4.39 Å². The van der Waals surface area contributed by atoms with Gasteiger partial charge in [0.15, 0.2) is 0 Å². The summed E-state index contributed by atoms with van der Waals surface area (Å²) in [4.78, 5) is 0. The maximum atomic E-state index is 13.4. The zero-order valence-corrected chi connectivity index (χ0v) is 8.99. The summed E-state index contributed by atoms with van der Waals surface area (Å²) in [7, 11) is 0. The molecule has 1 atom stereocenters. The molecule has 70 valence electrons. The zero-order chi connectivity index (χ0) is 9.42. The van der Waals surface area contributed by atoms with Crippen molar-refractivity contribution in [3.05, 3.63) is 33.5 Å². The number of fused-ring (bicyclic) bond motifs is 1. The number of rotatable bonds is 0. The molecule has 1 aromatic carbocycles. The lowest BCUT2D eigenvalue weighted by atomic mass is 9.96. The van der Waals surface area contributed by atoms with Gasteiger partial charge in [-0.25, -0.2) is 4.39 Å². The molecule has 2 rings (SSSR count). The van der Waals surface area contributed by atoms with E-state index in [0.717, 1.165) is 28.6 Å². The Balaban J connectivity index is 2.51. The molecule has 1 unspecified atom stereocenters. The molecular weight excluding hydrogens is 233 g/mol. The summed E-state index contributed by atoms with van der Waals surface area (Å²) in [5.74, 6) is -0.0773. The average Bonchev–Trinajstić information content (AvgIpc) is 2.12. The lowest BCUT2D eigenvalue weighted by Crippen LogP contribution is -2.33. The zero-order valence-electron chi connectivity index (χ0n) is 7.40. The number of hydrogen-bond donors (Lipinski definition) is 1. The van der Waals surface area contributed by atoms with Gasteiger partial charge in [-0.3, -0.25) is 0 Å². The van der Waals surface area contributed by atoms with Gasteiger partial charge in [0.2, 0.25) is 0 Å². The highest BCUT2D eigenvalue weighted by molar-refractivity contribution is 9.10. The molecule has 1 heterocycles. The highest BCUT2D eigenvalue weighted by Gasteiger charge is 2.19. The highest BCUT2D eigenvalue weighted by Crippen LogP contribution is 2.27. The molecule has 1 aromatic rings. The van der Waals surface area contributed by atoms with Gasteiger partial charge in [0, 0.05) is 17.1 Å². The molecule has 0 spiro atoms. The predicted molar refractivity (Wildman–Crippen MR) is 54.1 cm³/mol. The fourth-order valence-corrected chi connectivity index (χ4v) is 2.21. The molecule has 0 saturated heterocycles. The highest BCUT2D eigenvalue weighted by atomic mass is 79.9. The molecule has 0 aromatic heterocycles. The third-order valence-corrected chi connectivity index (χ3v) is 3.20. The Labute approximate surface area is 85.5 Å². The van der Waals surface area contributed by atoms with Crippen LogP contribution in [-0.2, 0) is 13.0 Å². The first-order chi connectivity index (χ1) is 6.18. The van der Waals surface area contributed by atoms with Crippen molar-refractivity contribution in [1.82, 2.24) is 5.32 Å². The summed E-state index contributed by atoms with van der Waals surface area (Å²) in [6, 6.07) is 3.67. The van der Waals surface area contributed by atoms with E-state index in [1.807, 2.05) is 0 Å². The van der Waals surface area contributed by atoms with Crippen molar-refractivity contribution in [1.29, 1.82) is 0 Å². The molecule has 0 aliphatic carbocycles. The van der Waals surface area contributed by atoms with Gasteiger partial charge in [-0.1, -0.05) is 15.9 Å². The van der Waals surface area contributed by atoms with Crippen LogP contribution in [0.1, 0.15) is 18.1 Å². The van der Waals surface area contributed by atoms with Crippen LogP contribution in [0.15, 0.2) is 16.6 Å². The molecular formula is C10H11BrFN. The second kappa shape index (κ2) is 3.39. The van der Waals surface area contributed by atoms with Gasteiger partial charge in [-0.15, -0.1) is 0 Å². The number of nitrogens with one attached hydrogen (secondary N) is 1. The van der Waals surface area contributed by atoms with Crippen LogP contribution < -0.4 is 5.32 Å². The van der Waals surface area contributed by atoms with Gasteiger partial charge in [-0.2, -0.15) is 0 Å². The minimum Gasteiger partial charge on any atom is -0.310 e. The van der Waals surface area contributed by atoms with Gasteiger partial charge in [-0.05, 0) is 36.6 Å². The minimum atomic E-state index is -0.0773. The van der Waals surface area contributed by atoms with Crippen molar-refractivity contribution in [3.63, 3.8) is 0 Å². The van der Waals surface area contributed by atoms with Crippen LogP contribution in [0.5, 0.6) is 0 Å². The van der Waals surface area contributed by atoms with E-state index in [-0.39, 0.29) is 5.82 Å². The Kier molecular flexibility index (Phi) is 2.39. The largest absolute Gasteiger partial charge is 0.310 e. The number of benzene rings is 1. The van der Waals surface area contributed by atoms with Crippen molar-refractivity contribution < 1.29 is 4.39 Å². The van der Waals surface area contributed by atoms with Gasteiger partial charge in [0.05, 0.1) is 0 Å². The van der Waals surface area contributed by atoms with E-state index >= 15 is 0 Å². The quantitative estimate of drug-likeness (QED) is 0.739. The standard InChI is InChI=1S/C10H11BrFN/c1-6-4-7-8(5-13-6)9(11)2-3-10(7)12/h2-3,6,13H,4-5H2,1H3. The molecule has 0 radical (unpaired) electrons. The molecule has 1 N–H and O–H groups in total. The Morgan fingerprint density at radius 2 is 2.23 bits per heavy atom. The Bertz CT molecular complexity index is 338. The van der Waals surface area contributed by atoms with E-state index in [2.05, 4.69) is 28.2 Å². The van der Waals surface area contributed by atoms with E-state index in [1.54, 1.807) is 6.07 Å². The molecule has 0 fully saturated rings. The van der Waals surface area contributed by atoms with E-state index in [0.29, 0.717) is 6.04 Å². The molecule has 13 heavy (non-hydrogen) atoms. The molecule has 0 saturated carbocycles. The summed E-state index contributed by atoms with van der Waals surface area (Å²) < 4.78 is 14.4. The Morgan fingerprint density at radius 1 is 1.46 bits per heavy atom. The lowest BCUT2D eigenvalue weighted by Gasteiger charge is -2.24. The predicted octanol–water partition coefficient (Wildman–Crippen LogP) is 2.62. The number of hydrogen-bond acceptors (Lipinski definition) is 1. The first kappa shape index (κ1) is 9.16. The normalized spacial score (nSPS) is 21.3. The molecule has 0 bridgehead atoms. The minimum absolute atomic E-state index is 0.0773. The van der Waals surface area contributed by atoms with Crippen LogP contribution in [0.2, 0.25) is 0 Å². The van der Waals surface area contributed by atoms with Crippen molar-refractivity contribution in [2.45, 2.75) is 25.9 Å². The van der Waals surface area contributed by atoms with Crippen molar-refractivity contribution in [2.75, 3.05) is 0 Å². The molecule has 1 aliphatic heterocycles. The van der Waals surface area contributed by atoms with E-state index < -0.39 is 0 Å². The molecule has 3 heteroatoms. The lowest BCUT2D eigenvalue weighted by molar-refractivity contribution is 0.488. The maximum Gasteiger partial charge on any atom is 0.126 e. The van der Waals surface area contributed by atoms with Gasteiger partial charge < -0.3 is 5.32 Å². The molecule has 1 aliphatic rings. The molecule has 0 amide bonds. The second-order valence-corrected chi connectivity index (χ2v) is 4.33. The Morgan fingerprint density at radius 3 is 3.00 bits per heavy atom. The summed E-state index contributed by atoms with van der Waals surface area (Å²) >= 11 is 3.43. The van der Waals surface area contributed by atoms with Gasteiger partial charge >= 0.3 is 0 Å². The average molecular weight is 244 g/mol. The SMILES string of the molecule is CC1Cc2c(F)ccc(Br)c2CN1. The van der Waals surface area contributed by atoms with E-state index in [4.69, 9.17) is 0 Å². The van der Waals surface area contributed by atoms with Crippen LogP contribution >= 0.6 is 15.9 Å². The fourth-order valence-electron chi connectivity index (χ4n) is 1.70. The van der Waals surface area contributed by atoms with E-state index in [1.165, 1.54) is 6.07 Å². The third kappa shape index (κ3) is 1.63. The first-order valence-corrected chi connectivity index (χ1v) is 5.17. The third-order valence-electron chi connectivity index (χ3n) is 2.45. The van der Waals surface area contributed by atoms with Crippen molar-refractivity contribution >= 4 is 15.9 Å². The molecule has 1 nitrogen and oxygen atoms in total. The van der Waals surface area contributed by atoms with E-state index in [9.17, 15) is 4.39 Å². The van der Waals surface area contributed by atoms with Gasteiger partial charge in [0.25, 0.3) is 0 Å². The monoisotopic (exact) mass is 243 g/mol. The van der Waals surface area contributed by atoms with Crippen LogP contribution in [0.25, 0.3) is 0 Å². The number of halogens is 2. The van der Waals surface area contributed by atoms with Crippen LogP contribution in [0, 0.1) is 5.82 Å². The van der Waals surface area contributed by atoms with Crippen LogP contribution in [-0.4, -0.2) is 6.04 Å². The van der Waals surface area contributed by atoms with Crippen molar-refractivity contribution in [3.8, 4) is 0 Å². The summed E-state index contributed by atoms with van der Waals surface area (Å²) in [5.41, 5.74) is 1.93. The Hall–Kier alpha value is -0.410. The van der Waals surface area contributed by atoms with Crippen molar-refractivity contribution in [2.24, 2.45) is 0 Å². The summed E-state index contributed by atoms with van der Waals surface area (Å²) in [6.07, 6.45) is 0.778. The first-order valence-electron chi connectivity index (χ1n) is 4.37.